The first-order valence-corrected chi connectivity index (χ1v) is 4.39. The van der Waals surface area contributed by atoms with Gasteiger partial charge in [-0.05, 0) is 5.56 Å². The number of hydrogen-bond acceptors (Lipinski definition) is 4. The van der Waals surface area contributed by atoms with Crippen molar-refractivity contribution in [1.29, 1.82) is 0 Å². The van der Waals surface area contributed by atoms with Crippen molar-refractivity contribution in [3.05, 3.63) is 39.4 Å². The molecule has 1 aromatic rings. The van der Waals surface area contributed by atoms with Crippen LogP contribution in [-0.2, 0) is 12.3 Å². The number of hydrogen-bond donors (Lipinski definition) is 2. The standard InChI is InChI=1S/C8H10N2O2S/c9-4-6-1-2-7(5-13)8(3-6)10(11)12/h1-3,13H,4-5,9H2. The van der Waals surface area contributed by atoms with Gasteiger partial charge in [0.2, 0.25) is 0 Å². The maximum atomic E-state index is 10.6. The van der Waals surface area contributed by atoms with Gasteiger partial charge in [-0.3, -0.25) is 10.1 Å². The molecule has 0 bridgehead atoms. The summed E-state index contributed by atoms with van der Waals surface area (Å²) in [4.78, 5) is 10.2. The van der Waals surface area contributed by atoms with Crippen LogP contribution in [0.2, 0.25) is 0 Å². The van der Waals surface area contributed by atoms with Crippen molar-refractivity contribution in [2.24, 2.45) is 5.73 Å². The van der Waals surface area contributed by atoms with E-state index < -0.39 is 4.92 Å². The second kappa shape index (κ2) is 4.25. The van der Waals surface area contributed by atoms with Crippen molar-refractivity contribution in [3.8, 4) is 0 Å². The van der Waals surface area contributed by atoms with E-state index in [2.05, 4.69) is 12.6 Å². The minimum Gasteiger partial charge on any atom is -0.326 e. The zero-order valence-electron chi connectivity index (χ0n) is 6.93. The van der Waals surface area contributed by atoms with E-state index in [9.17, 15) is 10.1 Å². The molecule has 13 heavy (non-hydrogen) atoms. The van der Waals surface area contributed by atoms with Gasteiger partial charge in [0.15, 0.2) is 0 Å². The van der Waals surface area contributed by atoms with Gasteiger partial charge < -0.3 is 5.73 Å². The molecule has 0 heterocycles. The topological polar surface area (TPSA) is 69.2 Å². The fourth-order valence-electron chi connectivity index (χ4n) is 1.04. The highest BCUT2D eigenvalue weighted by Gasteiger charge is 2.12. The molecule has 0 amide bonds. The molecule has 0 aliphatic rings. The first kappa shape index (κ1) is 10.0. The molecule has 0 saturated heterocycles. The number of nitro benzene ring substituents is 1. The van der Waals surface area contributed by atoms with Crippen LogP contribution in [0.15, 0.2) is 18.2 Å². The Morgan fingerprint density at radius 3 is 2.69 bits per heavy atom. The fraction of sp³-hybridized carbons (Fsp3) is 0.250. The van der Waals surface area contributed by atoms with Crippen LogP contribution in [0.5, 0.6) is 0 Å². The summed E-state index contributed by atoms with van der Waals surface area (Å²) in [5, 5.41) is 10.6. The lowest BCUT2D eigenvalue weighted by molar-refractivity contribution is -0.385. The van der Waals surface area contributed by atoms with Gasteiger partial charge in [-0.25, -0.2) is 0 Å². The second-order valence-electron chi connectivity index (χ2n) is 2.58. The summed E-state index contributed by atoms with van der Waals surface area (Å²) >= 11 is 4.00. The maximum absolute atomic E-state index is 10.6. The Kier molecular flexibility index (Phi) is 3.27. The van der Waals surface area contributed by atoms with Gasteiger partial charge >= 0.3 is 0 Å². The Hall–Kier alpha value is -1.07. The molecule has 0 saturated carbocycles. The van der Waals surface area contributed by atoms with Crippen LogP contribution in [-0.4, -0.2) is 4.92 Å². The molecule has 0 radical (unpaired) electrons. The summed E-state index contributed by atoms with van der Waals surface area (Å²) in [6, 6.07) is 4.96. The van der Waals surface area contributed by atoms with Gasteiger partial charge in [0.05, 0.1) is 4.92 Å². The van der Waals surface area contributed by atoms with Crippen molar-refractivity contribution in [2.45, 2.75) is 12.3 Å². The molecular weight excluding hydrogens is 188 g/mol. The molecule has 5 heteroatoms. The van der Waals surface area contributed by atoms with Crippen molar-refractivity contribution >= 4 is 18.3 Å². The van der Waals surface area contributed by atoms with Crippen LogP contribution in [0.25, 0.3) is 0 Å². The monoisotopic (exact) mass is 198 g/mol. The van der Waals surface area contributed by atoms with Gasteiger partial charge in [0.1, 0.15) is 0 Å². The Balaban J connectivity index is 3.18. The number of nitrogens with two attached hydrogens (primary N) is 1. The van der Waals surface area contributed by atoms with E-state index in [1.807, 2.05) is 0 Å². The lowest BCUT2D eigenvalue weighted by atomic mass is 10.1. The molecule has 0 aliphatic heterocycles. The number of benzene rings is 1. The normalized spacial score (nSPS) is 10.0. The molecule has 2 N–H and O–H groups in total. The lowest BCUT2D eigenvalue weighted by Gasteiger charge is -2.01. The number of nitro groups is 1. The van der Waals surface area contributed by atoms with E-state index in [1.165, 1.54) is 6.07 Å². The van der Waals surface area contributed by atoms with E-state index in [4.69, 9.17) is 5.73 Å². The Morgan fingerprint density at radius 2 is 2.23 bits per heavy atom. The second-order valence-corrected chi connectivity index (χ2v) is 2.90. The van der Waals surface area contributed by atoms with Crippen molar-refractivity contribution in [3.63, 3.8) is 0 Å². The Labute approximate surface area is 81.3 Å². The summed E-state index contributed by atoms with van der Waals surface area (Å²) in [5.74, 6) is 0.362. The van der Waals surface area contributed by atoms with E-state index >= 15 is 0 Å². The third kappa shape index (κ3) is 2.19. The smallest absolute Gasteiger partial charge is 0.273 e. The first-order valence-electron chi connectivity index (χ1n) is 3.76. The van der Waals surface area contributed by atoms with Gasteiger partial charge in [-0.15, -0.1) is 0 Å². The van der Waals surface area contributed by atoms with Crippen LogP contribution in [0, 0.1) is 10.1 Å². The van der Waals surface area contributed by atoms with Crippen molar-refractivity contribution in [1.82, 2.24) is 0 Å². The highest BCUT2D eigenvalue weighted by Crippen LogP contribution is 2.21. The number of rotatable bonds is 3. The van der Waals surface area contributed by atoms with Crippen molar-refractivity contribution < 1.29 is 4.92 Å². The van der Waals surface area contributed by atoms with Gasteiger partial charge in [-0.1, -0.05) is 12.1 Å². The molecule has 0 aromatic heterocycles. The highest BCUT2D eigenvalue weighted by atomic mass is 32.1. The van der Waals surface area contributed by atoms with Crippen LogP contribution in [0.3, 0.4) is 0 Å². The largest absolute Gasteiger partial charge is 0.326 e. The average molecular weight is 198 g/mol. The summed E-state index contributed by atoms with van der Waals surface area (Å²) < 4.78 is 0. The third-order valence-corrected chi connectivity index (χ3v) is 2.09. The van der Waals surface area contributed by atoms with Gasteiger partial charge in [0, 0.05) is 23.9 Å². The van der Waals surface area contributed by atoms with Gasteiger partial charge in [0.25, 0.3) is 5.69 Å². The highest BCUT2D eigenvalue weighted by molar-refractivity contribution is 7.79. The molecule has 70 valence electrons. The molecule has 1 aromatic carbocycles. The van der Waals surface area contributed by atoms with E-state index in [-0.39, 0.29) is 5.69 Å². The molecule has 1 rings (SSSR count). The quantitative estimate of drug-likeness (QED) is 0.439. The van der Waals surface area contributed by atoms with E-state index in [1.54, 1.807) is 12.1 Å². The third-order valence-electron chi connectivity index (χ3n) is 1.75. The first-order chi connectivity index (χ1) is 6.19. The molecule has 0 fully saturated rings. The van der Waals surface area contributed by atoms with Gasteiger partial charge in [-0.2, -0.15) is 12.6 Å². The van der Waals surface area contributed by atoms with Crippen LogP contribution in [0.1, 0.15) is 11.1 Å². The molecule has 0 spiro atoms. The SMILES string of the molecule is NCc1ccc(CS)c([N+](=O)[O-])c1. The Bertz CT molecular complexity index is 328. The van der Waals surface area contributed by atoms with Crippen molar-refractivity contribution in [2.75, 3.05) is 0 Å². The minimum atomic E-state index is -0.412. The molecule has 0 aliphatic carbocycles. The fourth-order valence-corrected chi connectivity index (χ4v) is 1.31. The summed E-state index contributed by atoms with van der Waals surface area (Å²) in [7, 11) is 0. The van der Waals surface area contributed by atoms with Crippen LogP contribution in [0.4, 0.5) is 5.69 Å². The minimum absolute atomic E-state index is 0.0953. The molecule has 4 nitrogen and oxygen atoms in total. The number of thiol groups is 1. The zero-order valence-corrected chi connectivity index (χ0v) is 7.83. The summed E-state index contributed by atoms with van der Waals surface area (Å²) in [6.07, 6.45) is 0. The Morgan fingerprint density at radius 1 is 1.54 bits per heavy atom. The maximum Gasteiger partial charge on any atom is 0.273 e. The zero-order chi connectivity index (χ0) is 9.84. The summed E-state index contributed by atoms with van der Waals surface area (Å²) in [6.45, 7) is 0.313. The number of nitrogens with zero attached hydrogens (tertiary/aromatic N) is 1. The predicted molar refractivity (Wildman–Crippen MR) is 53.7 cm³/mol. The lowest BCUT2D eigenvalue weighted by Crippen LogP contribution is -1.99. The molecular formula is C8H10N2O2S. The average Bonchev–Trinajstić information content (AvgIpc) is 2.16. The molecule has 0 unspecified atom stereocenters. The van der Waals surface area contributed by atoms with Crippen LogP contribution < -0.4 is 5.73 Å². The predicted octanol–water partition coefficient (Wildman–Crippen LogP) is 1.48. The molecule has 0 atom stereocenters. The van der Waals surface area contributed by atoms with Crippen LogP contribution >= 0.6 is 12.6 Å². The van der Waals surface area contributed by atoms with E-state index in [0.717, 1.165) is 5.56 Å². The van der Waals surface area contributed by atoms with E-state index in [0.29, 0.717) is 17.9 Å². The summed E-state index contributed by atoms with van der Waals surface area (Å²) in [5.41, 5.74) is 6.84.